The van der Waals surface area contributed by atoms with Gasteiger partial charge in [0, 0.05) is 35.9 Å². The Morgan fingerprint density at radius 1 is 1.07 bits per heavy atom. The molecule has 1 aliphatic carbocycles. The number of fused-ring (bicyclic) bond motifs is 1. The Morgan fingerprint density at radius 3 is 2.50 bits per heavy atom. The van der Waals surface area contributed by atoms with Gasteiger partial charge in [-0.05, 0) is 68.0 Å². The van der Waals surface area contributed by atoms with Gasteiger partial charge in [-0.1, -0.05) is 37.1 Å². The summed E-state index contributed by atoms with van der Waals surface area (Å²) >= 11 is 0. The second-order valence-electron chi connectivity index (χ2n) is 10.1. The summed E-state index contributed by atoms with van der Waals surface area (Å²) in [6.07, 6.45) is 10.8. The minimum absolute atomic E-state index is 0.0417. The predicted octanol–water partition coefficient (Wildman–Crippen LogP) is 4.73. The summed E-state index contributed by atoms with van der Waals surface area (Å²) in [6.45, 7) is 5.12. The lowest BCUT2D eigenvalue weighted by Gasteiger charge is -2.21. The van der Waals surface area contributed by atoms with Crippen LogP contribution in [0.2, 0.25) is 0 Å². The lowest BCUT2D eigenvalue weighted by Crippen LogP contribution is -2.24. The molecule has 0 saturated carbocycles. The van der Waals surface area contributed by atoms with E-state index in [2.05, 4.69) is 22.3 Å². The summed E-state index contributed by atoms with van der Waals surface area (Å²) in [5, 5.41) is 2.91. The zero-order chi connectivity index (χ0) is 32.0. The first-order chi connectivity index (χ1) is 21.2. The molecule has 4 rings (SSSR count). The molecule has 2 aromatic carbocycles. The third-order valence-electron chi connectivity index (χ3n) is 6.98. The average Bonchev–Trinajstić information content (AvgIpc) is 3.03. The van der Waals surface area contributed by atoms with Crippen LogP contribution in [-0.2, 0) is 23.0 Å². The maximum absolute atomic E-state index is 12.2. The molecule has 1 aliphatic rings. The number of carbonyl (C=O) groups is 3. The number of ether oxygens (including phenoxy) is 1. The lowest BCUT2D eigenvalue weighted by molar-refractivity contribution is 0.0949. The van der Waals surface area contributed by atoms with Gasteiger partial charge in [-0.2, -0.15) is 8.42 Å². The van der Waals surface area contributed by atoms with Crippen LogP contribution in [0.4, 0.5) is 5.82 Å². The van der Waals surface area contributed by atoms with Crippen LogP contribution in [0.3, 0.4) is 0 Å². The molecule has 0 atom stereocenters. The second kappa shape index (κ2) is 17.0. The number of hydrazine groups is 1. The maximum atomic E-state index is 12.2. The zero-order valence-electron chi connectivity index (χ0n) is 24.5. The molecule has 0 bridgehead atoms. The summed E-state index contributed by atoms with van der Waals surface area (Å²) in [5.41, 5.74) is 6.00. The number of pyridine rings is 1. The van der Waals surface area contributed by atoms with Crippen LogP contribution in [-0.4, -0.2) is 49.1 Å². The van der Waals surface area contributed by atoms with Gasteiger partial charge in [0.25, 0.3) is 16.0 Å². The Morgan fingerprint density at radius 2 is 1.84 bits per heavy atom. The van der Waals surface area contributed by atoms with Gasteiger partial charge in [0.2, 0.25) is 0 Å². The quantitative estimate of drug-likeness (QED) is 0.0491. The van der Waals surface area contributed by atoms with E-state index in [9.17, 15) is 22.8 Å². The number of Topliss-reactive ketones (excluding diaryl/α,β-unsaturated/α-hetero) is 1. The molecule has 1 aromatic heterocycles. The minimum atomic E-state index is -4.28. The molecular weight excluding hydrogens is 584 g/mol. The van der Waals surface area contributed by atoms with E-state index in [0.717, 1.165) is 61.0 Å². The average molecular weight is 623 g/mol. The predicted molar refractivity (Wildman–Crippen MR) is 168 cm³/mol. The lowest BCUT2D eigenvalue weighted by atomic mass is 9.86. The number of hydrogen-bond donors (Lipinski definition) is 4. The van der Waals surface area contributed by atoms with Crippen molar-refractivity contribution in [3.05, 3.63) is 95.2 Å². The smallest absolute Gasteiger partial charge is 0.295 e. The van der Waals surface area contributed by atoms with Crippen molar-refractivity contribution >= 4 is 33.9 Å². The molecule has 5 N–H and O–H groups in total. The fourth-order valence-electron chi connectivity index (χ4n) is 4.78. The monoisotopic (exact) mass is 622 g/mol. The fourth-order valence-corrected chi connectivity index (χ4v) is 5.44. The van der Waals surface area contributed by atoms with E-state index in [-0.39, 0.29) is 22.1 Å². The van der Waals surface area contributed by atoms with Crippen LogP contribution in [0.15, 0.2) is 72.3 Å². The van der Waals surface area contributed by atoms with Gasteiger partial charge in [-0.15, -0.1) is 6.58 Å². The van der Waals surface area contributed by atoms with Gasteiger partial charge in [-0.25, -0.2) is 10.8 Å². The number of ketones is 1. The number of hydrogen-bond acceptors (Lipinski definition) is 9. The van der Waals surface area contributed by atoms with Crippen LogP contribution < -0.4 is 21.3 Å². The normalized spacial score (nSPS) is 12.3. The molecule has 0 fully saturated rings. The number of rotatable bonds is 14. The third kappa shape index (κ3) is 9.83. The van der Waals surface area contributed by atoms with Crippen molar-refractivity contribution in [1.29, 1.82) is 0 Å². The second-order valence-corrected chi connectivity index (χ2v) is 11.5. The molecule has 0 unspecified atom stereocenters. The SMILES string of the molecule is C=CCc1c(OCCCCCCNC(=O)c2ccc(NN)nc2)ccc2c1CCCC2=O.O=Cc1ccccc1S(=O)(=O)O. The number of allylic oxidation sites excluding steroid dienone is 1. The van der Waals surface area contributed by atoms with Gasteiger partial charge in [0.1, 0.15) is 16.5 Å². The number of aldehydes is 1. The number of aromatic nitrogens is 1. The maximum Gasteiger partial charge on any atom is 0.295 e. The standard InChI is InChI=1S/C25H32N4O3.C7H6O4S/c1-2-8-21-19-9-7-10-22(30)20(19)12-13-23(21)32-16-6-4-3-5-15-27-25(31)18-11-14-24(29-26)28-17-18;8-5-6-3-1-2-4-7(6)12(9,10)11/h2,11-14,17H,1,3-10,15-16,26H2,(H,27,31)(H,28,29);1-5H,(H,9,10,11). The Labute approximate surface area is 257 Å². The molecule has 234 valence electrons. The number of nitrogens with one attached hydrogen (secondary N) is 2. The van der Waals surface area contributed by atoms with Crippen LogP contribution in [0, 0.1) is 0 Å². The Kier molecular flexibility index (Phi) is 13.2. The summed E-state index contributed by atoms with van der Waals surface area (Å²) in [5.74, 6) is 6.76. The van der Waals surface area contributed by atoms with E-state index >= 15 is 0 Å². The van der Waals surface area contributed by atoms with Crippen molar-refractivity contribution in [1.82, 2.24) is 10.3 Å². The van der Waals surface area contributed by atoms with Crippen molar-refractivity contribution in [3.63, 3.8) is 0 Å². The first-order valence-corrected chi connectivity index (χ1v) is 15.8. The number of nitrogens with two attached hydrogens (primary N) is 1. The molecule has 0 radical (unpaired) electrons. The largest absolute Gasteiger partial charge is 0.493 e. The van der Waals surface area contributed by atoms with E-state index in [1.54, 1.807) is 12.1 Å². The zero-order valence-corrected chi connectivity index (χ0v) is 25.3. The van der Waals surface area contributed by atoms with E-state index in [1.165, 1.54) is 30.5 Å². The third-order valence-corrected chi connectivity index (χ3v) is 7.91. The summed E-state index contributed by atoms with van der Waals surface area (Å²) < 4.78 is 35.9. The van der Waals surface area contributed by atoms with Crippen LogP contribution in [0.1, 0.15) is 80.7 Å². The first-order valence-electron chi connectivity index (χ1n) is 14.3. The van der Waals surface area contributed by atoms with Crippen LogP contribution in [0.5, 0.6) is 5.75 Å². The van der Waals surface area contributed by atoms with E-state index in [4.69, 9.17) is 15.1 Å². The highest BCUT2D eigenvalue weighted by atomic mass is 32.2. The summed E-state index contributed by atoms with van der Waals surface area (Å²) in [4.78, 5) is 38.2. The number of nitrogen functional groups attached to an aromatic ring is 1. The van der Waals surface area contributed by atoms with Gasteiger partial charge < -0.3 is 15.5 Å². The molecule has 3 aromatic rings. The molecule has 12 heteroatoms. The van der Waals surface area contributed by atoms with Crippen molar-refractivity contribution in [2.45, 2.75) is 56.3 Å². The molecule has 1 heterocycles. The van der Waals surface area contributed by atoms with Crippen molar-refractivity contribution < 1.29 is 32.1 Å². The molecule has 11 nitrogen and oxygen atoms in total. The molecule has 0 saturated heterocycles. The Balaban J connectivity index is 0.000000369. The highest BCUT2D eigenvalue weighted by Gasteiger charge is 2.22. The molecule has 44 heavy (non-hydrogen) atoms. The van der Waals surface area contributed by atoms with E-state index in [0.29, 0.717) is 43.7 Å². The molecule has 0 spiro atoms. The number of unbranched alkanes of at least 4 members (excludes halogenated alkanes) is 3. The highest BCUT2D eigenvalue weighted by Crippen LogP contribution is 2.32. The van der Waals surface area contributed by atoms with Crippen LogP contribution >= 0.6 is 0 Å². The van der Waals surface area contributed by atoms with Crippen molar-refractivity contribution in [2.24, 2.45) is 5.84 Å². The van der Waals surface area contributed by atoms with Gasteiger partial charge >= 0.3 is 0 Å². The summed E-state index contributed by atoms with van der Waals surface area (Å²) in [6, 6.07) is 12.6. The van der Waals surface area contributed by atoms with E-state index in [1.807, 2.05) is 18.2 Å². The number of anilines is 1. The number of nitrogens with zero attached hydrogens (tertiary/aromatic N) is 1. The minimum Gasteiger partial charge on any atom is -0.493 e. The highest BCUT2D eigenvalue weighted by molar-refractivity contribution is 7.86. The van der Waals surface area contributed by atoms with Gasteiger partial charge in [0.15, 0.2) is 12.1 Å². The van der Waals surface area contributed by atoms with Crippen LogP contribution in [0.25, 0.3) is 0 Å². The van der Waals surface area contributed by atoms with E-state index < -0.39 is 10.1 Å². The number of amides is 1. The van der Waals surface area contributed by atoms with Crippen molar-refractivity contribution in [2.75, 3.05) is 18.6 Å². The summed E-state index contributed by atoms with van der Waals surface area (Å²) in [7, 11) is -4.28. The Bertz CT molecular complexity index is 1560. The topological polar surface area (TPSA) is 178 Å². The fraction of sp³-hybridized carbons (Fsp3) is 0.312. The van der Waals surface area contributed by atoms with Gasteiger partial charge in [-0.3, -0.25) is 18.9 Å². The Hall–Kier alpha value is -4.39. The molecular formula is C32H38N4O7S. The molecule has 1 amide bonds. The van der Waals surface area contributed by atoms with Crippen molar-refractivity contribution in [3.8, 4) is 5.75 Å². The van der Waals surface area contributed by atoms with Gasteiger partial charge in [0.05, 0.1) is 12.2 Å². The number of benzene rings is 2. The molecule has 0 aliphatic heterocycles. The first kappa shape index (κ1) is 34.1. The number of carbonyl (C=O) groups excluding carboxylic acids is 3.